The van der Waals surface area contributed by atoms with E-state index in [2.05, 4.69) is 14.9 Å². The molecule has 108 valence electrons. The second kappa shape index (κ2) is 5.30. The molecule has 0 amide bonds. The van der Waals surface area contributed by atoms with E-state index in [1.165, 1.54) is 6.07 Å². The maximum absolute atomic E-state index is 12.3. The Kier molecular flexibility index (Phi) is 3.48. The average Bonchev–Trinajstić information content (AvgIpc) is 3.08. The Morgan fingerprint density at radius 3 is 2.67 bits per heavy atom. The molecule has 0 aliphatic carbocycles. The monoisotopic (exact) mass is 321 g/mol. The summed E-state index contributed by atoms with van der Waals surface area (Å²) in [6, 6.07) is 10.3. The number of rotatable bonds is 4. The zero-order valence-electron chi connectivity index (χ0n) is 11.0. The van der Waals surface area contributed by atoms with E-state index >= 15 is 0 Å². The Morgan fingerprint density at radius 2 is 2.00 bits per heavy atom. The van der Waals surface area contributed by atoms with Gasteiger partial charge in [-0.1, -0.05) is 23.4 Å². The van der Waals surface area contributed by atoms with Crippen molar-refractivity contribution >= 4 is 27.0 Å². The van der Waals surface area contributed by atoms with Crippen molar-refractivity contribution in [2.75, 3.05) is 4.72 Å². The molecule has 6 nitrogen and oxygen atoms in total. The van der Waals surface area contributed by atoms with Crippen molar-refractivity contribution in [1.29, 1.82) is 0 Å². The summed E-state index contributed by atoms with van der Waals surface area (Å²) >= 11 is 1.11. The van der Waals surface area contributed by atoms with E-state index in [1.807, 2.05) is 6.07 Å². The third-order valence-electron chi connectivity index (χ3n) is 2.65. The highest BCUT2D eigenvalue weighted by atomic mass is 32.2. The molecule has 2 heterocycles. The van der Waals surface area contributed by atoms with Gasteiger partial charge in [0.15, 0.2) is 0 Å². The van der Waals surface area contributed by atoms with E-state index in [9.17, 15) is 8.42 Å². The highest BCUT2D eigenvalue weighted by molar-refractivity contribution is 7.94. The fourth-order valence-corrected chi connectivity index (χ4v) is 3.92. The first-order valence-electron chi connectivity index (χ1n) is 6.02. The SMILES string of the molecule is Cc1nc(-c2csc(S(=O)(=O)Nc3ccccc3)c2)no1. The van der Waals surface area contributed by atoms with Gasteiger partial charge in [-0.2, -0.15) is 4.98 Å². The second-order valence-electron chi connectivity index (χ2n) is 4.26. The van der Waals surface area contributed by atoms with Crippen LogP contribution in [0.5, 0.6) is 0 Å². The van der Waals surface area contributed by atoms with E-state index in [0.29, 0.717) is 23.0 Å². The molecule has 3 aromatic rings. The first kappa shape index (κ1) is 13.8. The van der Waals surface area contributed by atoms with Gasteiger partial charge in [-0.05, 0) is 18.2 Å². The summed E-state index contributed by atoms with van der Waals surface area (Å²) in [4.78, 5) is 4.07. The number of aryl methyl sites for hydroxylation is 1. The van der Waals surface area contributed by atoms with Gasteiger partial charge >= 0.3 is 0 Å². The summed E-state index contributed by atoms with van der Waals surface area (Å²) in [6.45, 7) is 1.68. The summed E-state index contributed by atoms with van der Waals surface area (Å²) in [5, 5.41) is 5.46. The number of aromatic nitrogens is 2. The van der Waals surface area contributed by atoms with Crippen LogP contribution in [0.2, 0.25) is 0 Å². The lowest BCUT2D eigenvalue weighted by Gasteiger charge is -2.05. The molecule has 1 N–H and O–H groups in total. The van der Waals surface area contributed by atoms with Gasteiger partial charge in [0.1, 0.15) is 4.21 Å². The maximum Gasteiger partial charge on any atom is 0.271 e. The van der Waals surface area contributed by atoms with Crippen LogP contribution in [0.1, 0.15) is 5.89 Å². The Bertz CT molecular complexity index is 854. The van der Waals surface area contributed by atoms with Gasteiger partial charge < -0.3 is 4.52 Å². The number of para-hydroxylation sites is 1. The molecule has 0 bridgehead atoms. The molecule has 21 heavy (non-hydrogen) atoms. The van der Waals surface area contributed by atoms with E-state index < -0.39 is 10.0 Å². The third kappa shape index (κ3) is 2.96. The first-order valence-corrected chi connectivity index (χ1v) is 8.38. The van der Waals surface area contributed by atoms with Crippen molar-refractivity contribution in [3.8, 4) is 11.4 Å². The van der Waals surface area contributed by atoms with Crippen LogP contribution in [0.4, 0.5) is 5.69 Å². The third-order valence-corrected chi connectivity index (χ3v) is 5.47. The predicted octanol–water partition coefficient (Wildman–Crippen LogP) is 2.91. The van der Waals surface area contributed by atoms with Gasteiger partial charge in [0.2, 0.25) is 11.7 Å². The normalized spacial score (nSPS) is 11.5. The van der Waals surface area contributed by atoms with Crippen LogP contribution < -0.4 is 4.72 Å². The van der Waals surface area contributed by atoms with Gasteiger partial charge in [-0.25, -0.2) is 8.42 Å². The van der Waals surface area contributed by atoms with E-state index in [1.54, 1.807) is 36.6 Å². The van der Waals surface area contributed by atoms with Crippen molar-refractivity contribution in [3.05, 3.63) is 47.7 Å². The molecule has 0 atom stereocenters. The van der Waals surface area contributed by atoms with Crippen LogP contribution >= 0.6 is 11.3 Å². The smallest absolute Gasteiger partial charge is 0.271 e. The van der Waals surface area contributed by atoms with Crippen LogP contribution in [-0.4, -0.2) is 18.6 Å². The summed E-state index contributed by atoms with van der Waals surface area (Å²) < 4.78 is 32.2. The number of sulfonamides is 1. The molecule has 2 aromatic heterocycles. The largest absolute Gasteiger partial charge is 0.339 e. The lowest BCUT2D eigenvalue weighted by Crippen LogP contribution is -2.11. The molecular weight excluding hydrogens is 310 g/mol. The molecule has 0 spiro atoms. The fraction of sp³-hybridized carbons (Fsp3) is 0.0769. The lowest BCUT2D eigenvalue weighted by atomic mass is 10.3. The standard InChI is InChI=1S/C13H11N3O3S2/c1-9-14-13(15-19-9)10-7-12(20-8-10)21(17,18)16-11-5-3-2-4-6-11/h2-8,16H,1H3. The van der Waals surface area contributed by atoms with Crippen LogP contribution in [0, 0.1) is 6.92 Å². The van der Waals surface area contributed by atoms with Gasteiger partial charge in [-0.15, -0.1) is 11.3 Å². The molecule has 0 unspecified atom stereocenters. The van der Waals surface area contributed by atoms with Crippen molar-refractivity contribution in [1.82, 2.24) is 10.1 Å². The molecule has 3 rings (SSSR count). The summed E-state index contributed by atoms with van der Waals surface area (Å²) in [7, 11) is -3.61. The van der Waals surface area contributed by atoms with Crippen LogP contribution in [-0.2, 0) is 10.0 Å². The zero-order chi connectivity index (χ0) is 14.9. The Balaban J connectivity index is 1.88. The number of hydrogen-bond donors (Lipinski definition) is 1. The number of nitrogens with zero attached hydrogens (tertiary/aromatic N) is 2. The minimum absolute atomic E-state index is 0.198. The highest BCUT2D eigenvalue weighted by Crippen LogP contribution is 2.28. The molecule has 0 saturated heterocycles. The maximum atomic E-state index is 12.3. The lowest BCUT2D eigenvalue weighted by molar-refractivity contribution is 0.394. The number of thiophene rings is 1. The van der Waals surface area contributed by atoms with Gasteiger partial charge in [0.25, 0.3) is 10.0 Å². The van der Waals surface area contributed by atoms with Gasteiger partial charge in [-0.3, -0.25) is 4.72 Å². The molecule has 1 aromatic carbocycles. The van der Waals surface area contributed by atoms with Crippen LogP contribution in [0.3, 0.4) is 0 Å². The Morgan fingerprint density at radius 1 is 1.24 bits per heavy atom. The Hall–Kier alpha value is -2.19. The number of anilines is 1. The average molecular weight is 321 g/mol. The molecule has 0 fully saturated rings. The molecular formula is C13H11N3O3S2. The van der Waals surface area contributed by atoms with Crippen LogP contribution in [0.15, 0.2) is 50.5 Å². The molecule has 0 aliphatic heterocycles. The summed E-state index contributed by atoms with van der Waals surface area (Å²) in [6.07, 6.45) is 0. The minimum Gasteiger partial charge on any atom is -0.339 e. The van der Waals surface area contributed by atoms with E-state index in [0.717, 1.165) is 11.3 Å². The minimum atomic E-state index is -3.61. The van der Waals surface area contributed by atoms with Crippen molar-refractivity contribution in [2.45, 2.75) is 11.1 Å². The fourth-order valence-electron chi connectivity index (χ4n) is 1.70. The molecule has 0 aliphatic rings. The number of nitrogens with one attached hydrogen (secondary N) is 1. The van der Waals surface area contributed by atoms with Gasteiger partial charge in [0, 0.05) is 23.6 Å². The van der Waals surface area contributed by atoms with E-state index in [-0.39, 0.29) is 4.21 Å². The second-order valence-corrected chi connectivity index (χ2v) is 7.08. The summed E-state index contributed by atoms with van der Waals surface area (Å²) in [5.41, 5.74) is 1.13. The zero-order valence-corrected chi connectivity index (χ0v) is 12.6. The van der Waals surface area contributed by atoms with Crippen LogP contribution in [0.25, 0.3) is 11.4 Å². The van der Waals surface area contributed by atoms with Gasteiger partial charge in [0.05, 0.1) is 0 Å². The van der Waals surface area contributed by atoms with E-state index in [4.69, 9.17) is 4.52 Å². The van der Waals surface area contributed by atoms with Crippen molar-refractivity contribution in [3.63, 3.8) is 0 Å². The van der Waals surface area contributed by atoms with Crippen molar-refractivity contribution < 1.29 is 12.9 Å². The first-order chi connectivity index (χ1) is 10.0. The Labute approximate surface area is 125 Å². The molecule has 0 radical (unpaired) electrons. The quantitative estimate of drug-likeness (QED) is 0.798. The predicted molar refractivity (Wildman–Crippen MR) is 79.6 cm³/mol. The molecule has 0 saturated carbocycles. The number of hydrogen-bond acceptors (Lipinski definition) is 6. The summed E-state index contributed by atoms with van der Waals surface area (Å²) in [5.74, 6) is 0.813. The number of benzene rings is 1. The van der Waals surface area contributed by atoms with Crippen molar-refractivity contribution in [2.24, 2.45) is 0 Å². The molecule has 8 heteroatoms. The highest BCUT2D eigenvalue weighted by Gasteiger charge is 2.19. The topological polar surface area (TPSA) is 85.1 Å².